The van der Waals surface area contributed by atoms with Crippen molar-refractivity contribution in [3.05, 3.63) is 36.3 Å². The van der Waals surface area contributed by atoms with Crippen LogP contribution in [-0.2, 0) is 0 Å². The second-order valence-electron chi connectivity index (χ2n) is 6.62. The van der Waals surface area contributed by atoms with Crippen LogP contribution in [0.25, 0.3) is 5.65 Å². The summed E-state index contributed by atoms with van der Waals surface area (Å²) in [6.45, 7) is 1.86. The topological polar surface area (TPSA) is 124 Å². The van der Waals surface area contributed by atoms with E-state index in [1.807, 2.05) is 0 Å². The number of carbonyl (C=O) groups excluding carboxylic acids is 1. The molecular weight excluding hydrogens is 367 g/mol. The van der Waals surface area contributed by atoms with Crippen LogP contribution >= 0.6 is 0 Å². The van der Waals surface area contributed by atoms with E-state index < -0.39 is 11.7 Å². The summed E-state index contributed by atoms with van der Waals surface area (Å²) in [5, 5.41) is 6.62. The van der Waals surface area contributed by atoms with Gasteiger partial charge in [-0.05, 0) is 19.9 Å². The first kappa shape index (κ1) is 18.0. The maximum atomic E-state index is 13.3. The van der Waals surface area contributed by atoms with Crippen LogP contribution in [0.5, 0.6) is 5.88 Å². The van der Waals surface area contributed by atoms with Crippen molar-refractivity contribution in [2.45, 2.75) is 18.9 Å². The molecule has 0 saturated carbocycles. The second-order valence-corrected chi connectivity index (χ2v) is 6.62. The number of piperidine rings is 1. The zero-order chi connectivity index (χ0) is 19.7. The molecule has 0 bridgehead atoms. The maximum Gasteiger partial charge on any atom is 0.263 e. The molecule has 0 unspecified atom stereocenters. The number of likely N-dealkylation sites (tertiary alicyclic amines) is 1. The molecule has 1 amide bonds. The first-order valence-electron chi connectivity index (χ1n) is 8.77. The van der Waals surface area contributed by atoms with Gasteiger partial charge in [-0.15, -0.1) is 5.10 Å². The van der Waals surface area contributed by atoms with E-state index >= 15 is 0 Å². The number of nitrogens with two attached hydrogens (primary N) is 1. The van der Waals surface area contributed by atoms with E-state index in [0.717, 1.165) is 42.8 Å². The highest BCUT2D eigenvalue weighted by molar-refractivity contribution is 6.11. The predicted octanol–water partition coefficient (Wildman–Crippen LogP) is 0.966. The third kappa shape index (κ3) is 3.56. The number of ether oxygens (including phenoxy) is 1. The van der Waals surface area contributed by atoms with Crippen LogP contribution in [0.1, 0.15) is 23.2 Å². The number of carbonyl (C=O) groups is 1. The van der Waals surface area contributed by atoms with Crippen molar-refractivity contribution in [1.82, 2.24) is 29.5 Å². The molecule has 3 N–H and O–H groups in total. The Morgan fingerprint density at radius 1 is 1.32 bits per heavy atom. The van der Waals surface area contributed by atoms with Crippen LogP contribution in [0.2, 0.25) is 0 Å². The van der Waals surface area contributed by atoms with E-state index in [9.17, 15) is 9.18 Å². The first-order chi connectivity index (χ1) is 13.5. The summed E-state index contributed by atoms with van der Waals surface area (Å²) in [4.78, 5) is 27.0. The van der Waals surface area contributed by atoms with Gasteiger partial charge in [-0.25, -0.2) is 18.9 Å². The zero-order valence-corrected chi connectivity index (χ0v) is 15.2. The average Bonchev–Trinajstić information content (AvgIpc) is 3.00. The van der Waals surface area contributed by atoms with Crippen molar-refractivity contribution in [2.75, 3.05) is 31.2 Å². The lowest BCUT2D eigenvalue weighted by Gasteiger charge is -2.29. The Bertz CT molecular complexity index is 1020. The number of rotatable bonds is 4. The van der Waals surface area contributed by atoms with Gasteiger partial charge in [-0.1, -0.05) is 0 Å². The van der Waals surface area contributed by atoms with Crippen molar-refractivity contribution in [2.24, 2.45) is 0 Å². The summed E-state index contributed by atoms with van der Waals surface area (Å²) >= 11 is 0. The SMILES string of the molecule is CN1CCC(Oc2ncncc2NC(=O)c2c(N)nn3cc(F)cnc23)CC1. The molecule has 11 heteroatoms. The standard InChI is InChI=1S/C17H19FN8O2/c1-25-4-2-11(3-5-25)28-17-12(7-20-9-22-17)23-16(27)13-14(19)24-26-8-10(18)6-21-15(13)26/h6-9,11H,2-5H2,1H3,(H2,19,24)(H,23,27). The van der Waals surface area contributed by atoms with Crippen molar-refractivity contribution in [3.63, 3.8) is 0 Å². The van der Waals surface area contributed by atoms with Gasteiger partial charge in [-0.2, -0.15) is 4.98 Å². The summed E-state index contributed by atoms with van der Waals surface area (Å²) in [5.74, 6) is -0.931. The largest absolute Gasteiger partial charge is 0.473 e. The molecule has 0 radical (unpaired) electrons. The van der Waals surface area contributed by atoms with E-state index in [1.54, 1.807) is 0 Å². The molecule has 10 nitrogen and oxygen atoms in total. The number of nitrogens with one attached hydrogen (secondary N) is 1. The minimum Gasteiger partial charge on any atom is -0.473 e. The van der Waals surface area contributed by atoms with Gasteiger partial charge < -0.3 is 20.7 Å². The lowest BCUT2D eigenvalue weighted by Crippen LogP contribution is -2.36. The molecule has 1 saturated heterocycles. The summed E-state index contributed by atoms with van der Waals surface area (Å²) in [7, 11) is 2.06. The molecule has 1 fully saturated rings. The van der Waals surface area contributed by atoms with Gasteiger partial charge in [0, 0.05) is 13.1 Å². The van der Waals surface area contributed by atoms with Crippen LogP contribution in [0.4, 0.5) is 15.9 Å². The summed E-state index contributed by atoms with van der Waals surface area (Å²) in [6.07, 6.45) is 6.63. The molecule has 3 aromatic heterocycles. The predicted molar refractivity (Wildman–Crippen MR) is 98.5 cm³/mol. The highest BCUT2D eigenvalue weighted by Gasteiger charge is 2.23. The van der Waals surface area contributed by atoms with Crippen molar-refractivity contribution < 1.29 is 13.9 Å². The second kappa shape index (κ2) is 7.35. The van der Waals surface area contributed by atoms with Gasteiger partial charge in [0.25, 0.3) is 5.91 Å². The minimum atomic E-state index is -0.591. The number of aromatic nitrogens is 5. The molecule has 0 atom stereocenters. The molecule has 0 spiro atoms. The summed E-state index contributed by atoms with van der Waals surface area (Å²) in [6, 6.07) is 0. The average molecular weight is 386 g/mol. The van der Waals surface area contributed by atoms with E-state index in [-0.39, 0.29) is 29.0 Å². The summed E-state index contributed by atoms with van der Waals surface area (Å²) in [5.41, 5.74) is 6.33. The molecule has 3 aromatic rings. The Kier molecular flexibility index (Phi) is 4.74. The fraction of sp³-hybridized carbons (Fsp3) is 0.353. The molecule has 1 aliphatic heterocycles. The van der Waals surface area contributed by atoms with Gasteiger partial charge in [0.05, 0.1) is 18.6 Å². The van der Waals surface area contributed by atoms with E-state index in [1.165, 1.54) is 12.5 Å². The molecule has 4 rings (SSSR count). The number of hydrogen-bond donors (Lipinski definition) is 2. The Balaban J connectivity index is 1.56. The minimum absolute atomic E-state index is 0.00782. The van der Waals surface area contributed by atoms with Crippen LogP contribution < -0.4 is 15.8 Å². The number of hydrogen-bond acceptors (Lipinski definition) is 8. The molecule has 1 aliphatic rings. The van der Waals surface area contributed by atoms with Crippen molar-refractivity contribution >= 4 is 23.1 Å². The molecule has 4 heterocycles. The Labute approximate surface area is 159 Å². The lowest BCUT2D eigenvalue weighted by atomic mass is 10.1. The number of fused-ring (bicyclic) bond motifs is 1. The number of amides is 1. The van der Waals surface area contributed by atoms with E-state index in [2.05, 4.69) is 37.3 Å². The maximum absolute atomic E-state index is 13.3. The van der Waals surface area contributed by atoms with Gasteiger partial charge in [0.15, 0.2) is 17.3 Å². The third-order valence-electron chi connectivity index (χ3n) is 4.56. The monoisotopic (exact) mass is 386 g/mol. The van der Waals surface area contributed by atoms with Crippen molar-refractivity contribution in [1.29, 1.82) is 0 Å². The first-order valence-corrected chi connectivity index (χ1v) is 8.77. The molecule has 146 valence electrons. The molecule has 0 aliphatic carbocycles. The van der Waals surface area contributed by atoms with Crippen LogP contribution in [0.15, 0.2) is 24.9 Å². The normalized spacial score (nSPS) is 15.6. The van der Waals surface area contributed by atoms with Gasteiger partial charge in [0.1, 0.15) is 23.7 Å². The Hall–Kier alpha value is -3.34. The molecule has 0 aromatic carbocycles. The van der Waals surface area contributed by atoms with Gasteiger partial charge >= 0.3 is 0 Å². The highest BCUT2D eigenvalue weighted by atomic mass is 19.1. The van der Waals surface area contributed by atoms with E-state index in [4.69, 9.17) is 10.5 Å². The molecule has 28 heavy (non-hydrogen) atoms. The van der Waals surface area contributed by atoms with Crippen molar-refractivity contribution in [3.8, 4) is 5.88 Å². The number of halogens is 1. The summed E-state index contributed by atoms with van der Waals surface area (Å²) < 4.78 is 20.4. The fourth-order valence-electron chi connectivity index (χ4n) is 3.09. The lowest BCUT2D eigenvalue weighted by molar-refractivity contribution is 0.101. The molecular formula is C17H19FN8O2. The van der Waals surface area contributed by atoms with E-state index in [0.29, 0.717) is 5.69 Å². The fourth-order valence-corrected chi connectivity index (χ4v) is 3.09. The van der Waals surface area contributed by atoms with Crippen LogP contribution in [0.3, 0.4) is 0 Å². The highest BCUT2D eigenvalue weighted by Crippen LogP contribution is 2.25. The Morgan fingerprint density at radius 3 is 2.89 bits per heavy atom. The third-order valence-corrected chi connectivity index (χ3v) is 4.56. The van der Waals surface area contributed by atoms with Crippen LogP contribution in [-0.4, -0.2) is 61.6 Å². The number of nitrogen functional groups attached to an aromatic ring is 1. The number of anilines is 2. The van der Waals surface area contributed by atoms with Gasteiger partial charge in [-0.3, -0.25) is 4.79 Å². The van der Waals surface area contributed by atoms with Gasteiger partial charge in [0.2, 0.25) is 5.88 Å². The number of nitrogens with zero attached hydrogens (tertiary/aromatic N) is 6. The zero-order valence-electron chi connectivity index (χ0n) is 15.2. The van der Waals surface area contributed by atoms with Crippen LogP contribution in [0, 0.1) is 5.82 Å². The quantitative estimate of drug-likeness (QED) is 0.680. The Morgan fingerprint density at radius 2 is 2.11 bits per heavy atom. The smallest absolute Gasteiger partial charge is 0.263 e.